The molecular weight excluding hydrogens is 196 g/mol. The van der Waals surface area contributed by atoms with Gasteiger partial charge in [-0.2, -0.15) is 0 Å². The topological polar surface area (TPSA) is 38.0 Å². The van der Waals surface area contributed by atoms with Crippen LogP contribution >= 0.6 is 0 Å². The van der Waals surface area contributed by atoms with Gasteiger partial charge in [0, 0.05) is 18.3 Å². The van der Waals surface area contributed by atoms with Gasteiger partial charge in [0.1, 0.15) is 0 Å². The Hall–Kier alpha value is -1.02. The third kappa shape index (κ3) is 1.94. The molecule has 0 heterocycles. The first-order valence-electron chi connectivity index (χ1n) is 6.42. The van der Waals surface area contributed by atoms with Gasteiger partial charge in [-0.3, -0.25) is 0 Å². The summed E-state index contributed by atoms with van der Waals surface area (Å²) in [5.41, 5.74) is 10.2. The van der Waals surface area contributed by atoms with Crippen molar-refractivity contribution in [3.63, 3.8) is 0 Å². The first-order valence-corrected chi connectivity index (χ1v) is 6.42. The third-order valence-corrected chi connectivity index (χ3v) is 3.97. The molecule has 0 spiro atoms. The molecule has 0 aromatic heterocycles. The molecule has 1 aromatic carbocycles. The molecule has 3 rings (SSSR count). The molecule has 86 valence electrons. The maximum Gasteiger partial charge on any atom is 0.0343 e. The highest BCUT2D eigenvalue weighted by Crippen LogP contribution is 2.28. The Morgan fingerprint density at radius 3 is 2.81 bits per heavy atom. The van der Waals surface area contributed by atoms with Gasteiger partial charge in [-0.25, -0.2) is 0 Å². The van der Waals surface area contributed by atoms with E-state index in [0.29, 0.717) is 6.04 Å². The number of aryl methyl sites for hydroxylation is 2. The minimum atomic E-state index is 0.465. The van der Waals surface area contributed by atoms with E-state index in [9.17, 15) is 0 Å². The second-order valence-electron chi connectivity index (χ2n) is 5.32. The van der Waals surface area contributed by atoms with E-state index in [2.05, 4.69) is 23.5 Å². The van der Waals surface area contributed by atoms with Crippen molar-refractivity contribution in [2.75, 3.05) is 11.9 Å². The molecule has 1 fully saturated rings. The molecule has 0 unspecified atom stereocenters. The molecular formula is C14H20N2. The summed E-state index contributed by atoms with van der Waals surface area (Å²) in [6.45, 7) is 1.09. The van der Waals surface area contributed by atoms with E-state index < -0.39 is 0 Å². The third-order valence-electron chi connectivity index (χ3n) is 3.97. The Labute approximate surface area is 97.2 Å². The van der Waals surface area contributed by atoms with Crippen molar-refractivity contribution >= 4 is 5.69 Å². The zero-order chi connectivity index (χ0) is 11.0. The molecule has 0 amide bonds. The summed E-state index contributed by atoms with van der Waals surface area (Å²) in [7, 11) is 0. The van der Waals surface area contributed by atoms with E-state index >= 15 is 0 Å². The normalized spacial score (nSPS) is 27.3. The quantitative estimate of drug-likeness (QED) is 0.813. The number of hydrogen-bond donors (Lipinski definition) is 2. The fourth-order valence-corrected chi connectivity index (χ4v) is 2.90. The first-order chi connectivity index (χ1) is 7.81. The van der Waals surface area contributed by atoms with Gasteiger partial charge in [0.15, 0.2) is 0 Å². The SMILES string of the molecule is NC1CC(CNc2ccc3c(c2)CCC3)C1. The molecule has 0 radical (unpaired) electrons. The van der Waals surface area contributed by atoms with Crippen LogP contribution in [-0.2, 0) is 12.8 Å². The van der Waals surface area contributed by atoms with E-state index in [0.717, 1.165) is 12.5 Å². The number of anilines is 1. The minimum absolute atomic E-state index is 0.465. The van der Waals surface area contributed by atoms with Gasteiger partial charge in [-0.05, 0) is 61.3 Å². The van der Waals surface area contributed by atoms with E-state index in [1.165, 1.54) is 37.8 Å². The fraction of sp³-hybridized carbons (Fsp3) is 0.571. The molecule has 2 aliphatic rings. The van der Waals surface area contributed by atoms with Crippen molar-refractivity contribution in [3.8, 4) is 0 Å². The van der Waals surface area contributed by atoms with Crippen LogP contribution in [0.5, 0.6) is 0 Å². The molecule has 0 aliphatic heterocycles. The van der Waals surface area contributed by atoms with Gasteiger partial charge < -0.3 is 11.1 Å². The lowest BCUT2D eigenvalue weighted by Crippen LogP contribution is -2.39. The van der Waals surface area contributed by atoms with Crippen molar-refractivity contribution in [1.29, 1.82) is 0 Å². The van der Waals surface area contributed by atoms with Crippen LogP contribution < -0.4 is 11.1 Å². The molecule has 1 aromatic rings. The smallest absolute Gasteiger partial charge is 0.0343 e. The van der Waals surface area contributed by atoms with E-state index in [1.807, 2.05) is 0 Å². The monoisotopic (exact) mass is 216 g/mol. The predicted molar refractivity (Wildman–Crippen MR) is 67.7 cm³/mol. The Bertz CT molecular complexity index is 380. The lowest BCUT2D eigenvalue weighted by molar-refractivity contribution is 0.280. The van der Waals surface area contributed by atoms with Crippen molar-refractivity contribution in [2.24, 2.45) is 11.7 Å². The number of nitrogens with two attached hydrogens (primary N) is 1. The maximum absolute atomic E-state index is 5.78. The van der Waals surface area contributed by atoms with Gasteiger partial charge >= 0.3 is 0 Å². The predicted octanol–water partition coefficient (Wildman–Crippen LogP) is 2.32. The number of rotatable bonds is 3. The summed E-state index contributed by atoms with van der Waals surface area (Å²) in [5, 5.41) is 3.54. The molecule has 2 nitrogen and oxygen atoms in total. The Morgan fingerprint density at radius 1 is 1.19 bits per heavy atom. The van der Waals surface area contributed by atoms with E-state index in [-0.39, 0.29) is 0 Å². The molecule has 0 saturated heterocycles. The lowest BCUT2D eigenvalue weighted by atomic mass is 9.81. The summed E-state index contributed by atoms with van der Waals surface area (Å²) in [4.78, 5) is 0. The number of fused-ring (bicyclic) bond motifs is 1. The number of hydrogen-bond acceptors (Lipinski definition) is 2. The highest BCUT2D eigenvalue weighted by atomic mass is 14.9. The lowest BCUT2D eigenvalue weighted by Gasteiger charge is -2.32. The summed E-state index contributed by atoms with van der Waals surface area (Å²) in [6.07, 6.45) is 6.25. The minimum Gasteiger partial charge on any atom is -0.385 e. The van der Waals surface area contributed by atoms with Crippen molar-refractivity contribution in [1.82, 2.24) is 0 Å². The summed E-state index contributed by atoms with van der Waals surface area (Å²) < 4.78 is 0. The van der Waals surface area contributed by atoms with Gasteiger partial charge in [0.25, 0.3) is 0 Å². The molecule has 0 atom stereocenters. The van der Waals surface area contributed by atoms with Crippen LogP contribution in [0.15, 0.2) is 18.2 Å². The summed E-state index contributed by atoms with van der Waals surface area (Å²) in [6, 6.07) is 7.31. The van der Waals surface area contributed by atoms with Crippen molar-refractivity contribution < 1.29 is 0 Å². The highest BCUT2D eigenvalue weighted by Gasteiger charge is 2.25. The standard InChI is InChI=1S/C14H20N2/c15-13-6-10(7-13)9-16-14-5-4-11-2-1-3-12(11)8-14/h4-5,8,10,13,16H,1-3,6-7,9,15H2. The van der Waals surface area contributed by atoms with Gasteiger partial charge in [-0.15, -0.1) is 0 Å². The zero-order valence-electron chi connectivity index (χ0n) is 9.71. The number of benzene rings is 1. The maximum atomic E-state index is 5.78. The zero-order valence-corrected chi connectivity index (χ0v) is 9.71. The molecule has 16 heavy (non-hydrogen) atoms. The molecule has 0 bridgehead atoms. The van der Waals surface area contributed by atoms with Crippen molar-refractivity contribution in [3.05, 3.63) is 29.3 Å². The Morgan fingerprint density at radius 2 is 2.00 bits per heavy atom. The van der Waals surface area contributed by atoms with Gasteiger partial charge in [0.05, 0.1) is 0 Å². The van der Waals surface area contributed by atoms with E-state index in [1.54, 1.807) is 11.1 Å². The molecule has 2 aliphatic carbocycles. The second kappa shape index (κ2) is 4.10. The number of nitrogens with one attached hydrogen (secondary N) is 1. The Kier molecular flexibility index (Phi) is 2.60. The molecule has 1 saturated carbocycles. The van der Waals surface area contributed by atoms with Crippen LogP contribution in [0.2, 0.25) is 0 Å². The van der Waals surface area contributed by atoms with Crippen LogP contribution in [0.1, 0.15) is 30.4 Å². The van der Waals surface area contributed by atoms with Gasteiger partial charge in [0.2, 0.25) is 0 Å². The highest BCUT2D eigenvalue weighted by molar-refractivity contribution is 5.50. The van der Waals surface area contributed by atoms with Gasteiger partial charge in [-0.1, -0.05) is 6.07 Å². The fourth-order valence-electron chi connectivity index (χ4n) is 2.90. The van der Waals surface area contributed by atoms with Crippen LogP contribution in [0.3, 0.4) is 0 Å². The Balaban J connectivity index is 1.58. The van der Waals surface area contributed by atoms with Crippen LogP contribution in [0.4, 0.5) is 5.69 Å². The van der Waals surface area contributed by atoms with Crippen LogP contribution in [0.25, 0.3) is 0 Å². The van der Waals surface area contributed by atoms with Crippen LogP contribution in [-0.4, -0.2) is 12.6 Å². The summed E-state index contributed by atoms with van der Waals surface area (Å²) >= 11 is 0. The largest absolute Gasteiger partial charge is 0.385 e. The first kappa shape index (κ1) is 10.2. The van der Waals surface area contributed by atoms with Crippen molar-refractivity contribution in [2.45, 2.75) is 38.1 Å². The van der Waals surface area contributed by atoms with Crippen LogP contribution in [0, 0.1) is 5.92 Å². The summed E-state index contributed by atoms with van der Waals surface area (Å²) in [5.74, 6) is 0.795. The molecule has 2 heteroatoms. The second-order valence-corrected chi connectivity index (χ2v) is 5.32. The average molecular weight is 216 g/mol. The average Bonchev–Trinajstić information content (AvgIpc) is 2.69. The van der Waals surface area contributed by atoms with E-state index in [4.69, 9.17) is 5.73 Å². The molecule has 3 N–H and O–H groups in total.